The zero-order chi connectivity index (χ0) is 13.4. The zero-order valence-corrected chi connectivity index (χ0v) is 12.2. The van der Waals surface area contributed by atoms with Gasteiger partial charge in [0, 0.05) is 0 Å². The molecule has 0 aromatic heterocycles. The first-order chi connectivity index (χ1) is 7.73. The number of esters is 1. The van der Waals surface area contributed by atoms with Crippen LogP contribution >= 0.6 is 0 Å². The van der Waals surface area contributed by atoms with E-state index in [-0.39, 0.29) is 17.3 Å². The predicted molar refractivity (Wildman–Crippen MR) is 70.5 cm³/mol. The number of carbonyl (C=O) groups excluding carboxylic acids is 1. The van der Waals surface area contributed by atoms with Crippen molar-refractivity contribution in [2.75, 3.05) is 7.11 Å². The second-order valence-corrected chi connectivity index (χ2v) is 6.41. The first kappa shape index (κ1) is 14.3. The van der Waals surface area contributed by atoms with E-state index in [9.17, 15) is 4.79 Å². The molecule has 0 radical (unpaired) electrons. The lowest BCUT2D eigenvalue weighted by Crippen LogP contribution is -2.25. The lowest BCUT2D eigenvalue weighted by Gasteiger charge is -2.19. The number of ether oxygens (including phenoxy) is 1. The first-order valence-electron chi connectivity index (χ1n) is 6.46. The Morgan fingerprint density at radius 2 is 1.82 bits per heavy atom. The molecule has 0 aliphatic heterocycles. The van der Waals surface area contributed by atoms with Gasteiger partial charge in [-0.05, 0) is 37.0 Å². The summed E-state index contributed by atoms with van der Waals surface area (Å²) in [7, 11) is 1.49. The predicted octanol–water partition coefficient (Wildman–Crippen LogP) is 3.67. The summed E-state index contributed by atoms with van der Waals surface area (Å²) in [4.78, 5) is 11.9. The lowest BCUT2D eigenvalue weighted by molar-refractivity contribution is -0.148. The Hall–Kier alpha value is -0.790. The number of carbonyl (C=O) groups is 1. The molecule has 0 aromatic carbocycles. The lowest BCUT2D eigenvalue weighted by atomic mass is 9.87. The second-order valence-electron chi connectivity index (χ2n) is 6.41. The van der Waals surface area contributed by atoms with Crippen molar-refractivity contribution in [3.63, 3.8) is 0 Å². The van der Waals surface area contributed by atoms with Crippen LogP contribution in [0, 0.1) is 29.1 Å². The molecule has 1 rings (SSSR count). The largest absolute Gasteiger partial charge is 0.469 e. The van der Waals surface area contributed by atoms with Gasteiger partial charge in [0.25, 0.3) is 0 Å². The Morgan fingerprint density at radius 3 is 2.18 bits per heavy atom. The molecule has 1 aliphatic carbocycles. The minimum Gasteiger partial charge on any atom is -0.469 e. The quantitative estimate of drug-likeness (QED) is 0.552. The SMILES string of the molecule is COC(=O)C(C(C)C)[C@@H]1[C@@H](C=C(C)C)C1(C)C. The standard InChI is InChI=1S/C15H26O2/c1-9(2)8-11-13(15(11,5)6)12(10(3)4)14(16)17-7/h8,10-13H,1-7H3/t11-,12?,13+/m1/s1. The number of rotatable bonds is 4. The highest BCUT2D eigenvalue weighted by Crippen LogP contribution is 2.64. The van der Waals surface area contributed by atoms with Crippen LogP contribution in [0.5, 0.6) is 0 Å². The van der Waals surface area contributed by atoms with Gasteiger partial charge in [-0.15, -0.1) is 0 Å². The van der Waals surface area contributed by atoms with Gasteiger partial charge < -0.3 is 4.74 Å². The van der Waals surface area contributed by atoms with Crippen LogP contribution in [0.25, 0.3) is 0 Å². The highest BCUT2D eigenvalue weighted by Gasteiger charge is 2.61. The molecule has 2 heteroatoms. The normalized spacial score (nSPS) is 27.5. The topological polar surface area (TPSA) is 26.3 Å². The van der Waals surface area contributed by atoms with E-state index in [1.165, 1.54) is 12.7 Å². The van der Waals surface area contributed by atoms with Crippen molar-refractivity contribution in [2.45, 2.75) is 41.5 Å². The van der Waals surface area contributed by atoms with Crippen molar-refractivity contribution >= 4 is 5.97 Å². The molecule has 17 heavy (non-hydrogen) atoms. The number of allylic oxidation sites excluding steroid dienone is 2. The Morgan fingerprint density at radius 1 is 1.29 bits per heavy atom. The highest BCUT2D eigenvalue weighted by molar-refractivity contribution is 5.74. The Balaban J connectivity index is 2.92. The molecule has 1 saturated carbocycles. The molecule has 0 aromatic rings. The van der Waals surface area contributed by atoms with Crippen LogP contribution in [0.2, 0.25) is 0 Å². The van der Waals surface area contributed by atoms with Crippen molar-refractivity contribution in [1.82, 2.24) is 0 Å². The number of methoxy groups -OCH3 is 1. The van der Waals surface area contributed by atoms with Crippen LogP contribution in [0.1, 0.15) is 41.5 Å². The Labute approximate surface area is 105 Å². The van der Waals surface area contributed by atoms with Crippen molar-refractivity contribution in [2.24, 2.45) is 29.1 Å². The number of hydrogen-bond acceptors (Lipinski definition) is 2. The first-order valence-corrected chi connectivity index (χ1v) is 6.46. The van der Waals surface area contributed by atoms with E-state index in [1.807, 2.05) is 0 Å². The van der Waals surface area contributed by atoms with Crippen LogP contribution in [0.4, 0.5) is 0 Å². The summed E-state index contributed by atoms with van der Waals surface area (Å²) in [5, 5.41) is 0. The van der Waals surface area contributed by atoms with E-state index in [0.29, 0.717) is 17.8 Å². The maximum absolute atomic E-state index is 11.9. The molecule has 0 saturated heterocycles. The monoisotopic (exact) mass is 238 g/mol. The van der Waals surface area contributed by atoms with Crippen LogP contribution < -0.4 is 0 Å². The molecular weight excluding hydrogens is 212 g/mol. The maximum Gasteiger partial charge on any atom is 0.309 e. The minimum absolute atomic E-state index is 0.0237. The molecule has 0 N–H and O–H groups in total. The van der Waals surface area contributed by atoms with E-state index < -0.39 is 0 Å². The van der Waals surface area contributed by atoms with E-state index in [4.69, 9.17) is 4.74 Å². The summed E-state index contributed by atoms with van der Waals surface area (Å²) in [5.41, 5.74) is 1.55. The molecule has 0 spiro atoms. The summed E-state index contributed by atoms with van der Waals surface area (Å²) in [6.45, 7) is 13.0. The Kier molecular flexibility index (Phi) is 4.06. The highest BCUT2D eigenvalue weighted by atomic mass is 16.5. The summed E-state index contributed by atoms with van der Waals surface area (Å²) < 4.78 is 4.96. The molecule has 1 unspecified atom stereocenters. The summed E-state index contributed by atoms with van der Waals surface area (Å²) in [5.74, 6) is 1.24. The molecular formula is C15H26O2. The molecule has 0 amide bonds. The summed E-state index contributed by atoms with van der Waals surface area (Å²) in [6.07, 6.45) is 2.31. The number of hydrogen-bond donors (Lipinski definition) is 0. The van der Waals surface area contributed by atoms with Crippen molar-refractivity contribution in [3.8, 4) is 0 Å². The third kappa shape index (κ3) is 2.72. The van der Waals surface area contributed by atoms with E-state index >= 15 is 0 Å². The van der Waals surface area contributed by atoms with Gasteiger partial charge in [-0.25, -0.2) is 0 Å². The van der Waals surface area contributed by atoms with Crippen molar-refractivity contribution in [3.05, 3.63) is 11.6 Å². The molecule has 2 nitrogen and oxygen atoms in total. The second kappa shape index (κ2) is 4.83. The van der Waals surface area contributed by atoms with Crippen LogP contribution in [0.15, 0.2) is 11.6 Å². The fraction of sp³-hybridized carbons (Fsp3) is 0.800. The maximum atomic E-state index is 11.9. The van der Waals surface area contributed by atoms with Gasteiger partial charge in [0.1, 0.15) is 0 Å². The van der Waals surface area contributed by atoms with Gasteiger partial charge >= 0.3 is 5.97 Å². The van der Waals surface area contributed by atoms with Crippen molar-refractivity contribution in [1.29, 1.82) is 0 Å². The average molecular weight is 238 g/mol. The smallest absolute Gasteiger partial charge is 0.309 e. The van der Waals surface area contributed by atoms with Gasteiger partial charge in [-0.1, -0.05) is 39.3 Å². The fourth-order valence-electron chi connectivity index (χ4n) is 3.05. The molecule has 3 atom stereocenters. The van der Waals surface area contributed by atoms with Gasteiger partial charge in [-0.2, -0.15) is 0 Å². The van der Waals surface area contributed by atoms with Crippen LogP contribution in [0.3, 0.4) is 0 Å². The minimum atomic E-state index is -0.0530. The third-order valence-electron chi connectivity index (χ3n) is 4.09. The van der Waals surface area contributed by atoms with Gasteiger partial charge in [-0.3, -0.25) is 4.79 Å². The van der Waals surface area contributed by atoms with Gasteiger partial charge in [0.05, 0.1) is 13.0 Å². The Bertz CT molecular complexity index is 322. The summed E-state index contributed by atoms with van der Waals surface area (Å²) in [6, 6.07) is 0. The molecule has 98 valence electrons. The fourth-order valence-corrected chi connectivity index (χ4v) is 3.05. The van der Waals surface area contributed by atoms with Crippen LogP contribution in [-0.2, 0) is 9.53 Å². The average Bonchev–Trinajstić information content (AvgIpc) is 2.68. The van der Waals surface area contributed by atoms with Crippen molar-refractivity contribution < 1.29 is 9.53 Å². The molecule has 0 heterocycles. The van der Waals surface area contributed by atoms with Gasteiger partial charge in [0.2, 0.25) is 0 Å². The van der Waals surface area contributed by atoms with E-state index in [1.54, 1.807) is 0 Å². The zero-order valence-electron chi connectivity index (χ0n) is 12.2. The molecule has 0 bridgehead atoms. The van der Waals surface area contributed by atoms with E-state index in [2.05, 4.69) is 47.6 Å². The molecule has 1 aliphatic rings. The molecule has 1 fully saturated rings. The van der Waals surface area contributed by atoms with Crippen LogP contribution in [-0.4, -0.2) is 13.1 Å². The van der Waals surface area contributed by atoms with E-state index in [0.717, 1.165) is 0 Å². The van der Waals surface area contributed by atoms with Gasteiger partial charge in [0.15, 0.2) is 0 Å². The third-order valence-corrected chi connectivity index (χ3v) is 4.09. The summed E-state index contributed by atoms with van der Waals surface area (Å²) >= 11 is 0.